The molecule has 35 heavy (non-hydrogen) atoms. The van der Waals surface area contributed by atoms with Crippen LogP contribution in [0, 0.1) is 0 Å². The molecule has 180 valence electrons. The molecular formula is C27H24ClNO6. The van der Waals surface area contributed by atoms with Crippen LogP contribution in [0.25, 0.3) is 5.76 Å². The highest BCUT2D eigenvalue weighted by Crippen LogP contribution is 2.42. The molecule has 1 unspecified atom stereocenters. The first-order valence-electron chi connectivity index (χ1n) is 10.9. The molecule has 4 rings (SSSR count). The van der Waals surface area contributed by atoms with Gasteiger partial charge in [0.05, 0.1) is 31.4 Å². The van der Waals surface area contributed by atoms with Gasteiger partial charge in [0.15, 0.2) is 0 Å². The van der Waals surface area contributed by atoms with Crippen molar-refractivity contribution >= 4 is 29.1 Å². The average Bonchev–Trinajstić information content (AvgIpc) is 3.13. The highest BCUT2D eigenvalue weighted by Gasteiger charge is 2.46. The molecule has 0 radical (unpaired) electrons. The summed E-state index contributed by atoms with van der Waals surface area (Å²) >= 11 is 5.97. The molecule has 1 aliphatic heterocycles. The van der Waals surface area contributed by atoms with Crippen LogP contribution >= 0.6 is 11.6 Å². The monoisotopic (exact) mass is 493 g/mol. The number of phenolic OH excluding ortho intramolecular Hbond substituents is 1. The second-order valence-corrected chi connectivity index (χ2v) is 8.46. The number of halogens is 1. The van der Waals surface area contributed by atoms with Gasteiger partial charge in [0, 0.05) is 11.6 Å². The fourth-order valence-electron chi connectivity index (χ4n) is 4.16. The Labute approximate surface area is 207 Å². The summed E-state index contributed by atoms with van der Waals surface area (Å²) in [5, 5.41) is 21.7. The van der Waals surface area contributed by atoms with Gasteiger partial charge in [-0.05, 0) is 60.0 Å². The van der Waals surface area contributed by atoms with Crippen LogP contribution in [0.2, 0.25) is 5.02 Å². The van der Waals surface area contributed by atoms with Crippen molar-refractivity contribution in [2.24, 2.45) is 0 Å². The molecule has 1 amide bonds. The Morgan fingerprint density at radius 3 is 2.29 bits per heavy atom. The number of phenols is 1. The lowest BCUT2D eigenvalue weighted by Gasteiger charge is -2.25. The number of rotatable bonds is 7. The van der Waals surface area contributed by atoms with Gasteiger partial charge in [-0.3, -0.25) is 9.59 Å². The molecular weight excluding hydrogens is 470 g/mol. The fourth-order valence-corrected chi connectivity index (χ4v) is 4.28. The molecule has 0 aromatic heterocycles. The van der Waals surface area contributed by atoms with Crippen LogP contribution in [-0.4, -0.2) is 47.6 Å². The maximum atomic E-state index is 13.2. The zero-order valence-electron chi connectivity index (χ0n) is 19.2. The number of likely N-dealkylation sites (tertiary alicyclic amines) is 1. The molecule has 1 saturated heterocycles. The topological polar surface area (TPSA) is 96.3 Å². The normalized spacial score (nSPS) is 17.0. The minimum Gasteiger partial charge on any atom is -0.508 e. The minimum absolute atomic E-state index is 0.0429. The van der Waals surface area contributed by atoms with E-state index in [2.05, 4.69) is 0 Å². The van der Waals surface area contributed by atoms with E-state index in [0.29, 0.717) is 28.5 Å². The lowest BCUT2D eigenvalue weighted by molar-refractivity contribution is -0.139. The van der Waals surface area contributed by atoms with Crippen molar-refractivity contribution in [2.45, 2.75) is 12.5 Å². The molecule has 0 saturated carbocycles. The molecule has 0 bridgehead atoms. The number of aromatic hydroxyl groups is 1. The Hall–Kier alpha value is -3.97. The van der Waals surface area contributed by atoms with Gasteiger partial charge in [0.2, 0.25) is 0 Å². The first-order valence-corrected chi connectivity index (χ1v) is 11.3. The molecule has 8 heteroatoms. The van der Waals surface area contributed by atoms with Crippen LogP contribution in [-0.2, 0) is 16.0 Å². The van der Waals surface area contributed by atoms with Gasteiger partial charge < -0.3 is 24.6 Å². The van der Waals surface area contributed by atoms with Crippen LogP contribution in [0.15, 0.2) is 72.3 Å². The summed E-state index contributed by atoms with van der Waals surface area (Å²) in [7, 11) is 2.93. The van der Waals surface area contributed by atoms with Crippen LogP contribution in [0.5, 0.6) is 17.2 Å². The number of amides is 1. The fraction of sp³-hybridized carbons (Fsp3) is 0.185. The number of hydrogen-bond donors (Lipinski definition) is 2. The zero-order valence-corrected chi connectivity index (χ0v) is 20.0. The first-order chi connectivity index (χ1) is 16.8. The Balaban J connectivity index is 1.82. The number of carbonyl (C=O) groups excluding carboxylic acids is 2. The summed E-state index contributed by atoms with van der Waals surface area (Å²) in [6.07, 6.45) is 0.474. The molecule has 1 atom stereocenters. The van der Waals surface area contributed by atoms with Crippen molar-refractivity contribution in [1.82, 2.24) is 4.90 Å². The number of aliphatic hydroxyl groups is 1. The van der Waals surface area contributed by atoms with Crippen LogP contribution in [0.1, 0.15) is 22.7 Å². The number of Topliss-reactive ketones (excluding diaryl/α,β-unsaturated/α-hetero) is 1. The molecule has 1 fully saturated rings. The summed E-state index contributed by atoms with van der Waals surface area (Å²) in [6, 6.07) is 17.4. The highest BCUT2D eigenvalue weighted by molar-refractivity contribution is 6.46. The van der Waals surface area contributed by atoms with Crippen molar-refractivity contribution in [1.29, 1.82) is 0 Å². The van der Waals surface area contributed by atoms with Crippen molar-refractivity contribution in [3.05, 3.63) is 94.0 Å². The maximum absolute atomic E-state index is 13.2. The summed E-state index contributed by atoms with van der Waals surface area (Å²) in [4.78, 5) is 27.8. The predicted molar refractivity (Wildman–Crippen MR) is 132 cm³/mol. The molecule has 7 nitrogen and oxygen atoms in total. The third-order valence-corrected chi connectivity index (χ3v) is 6.22. The lowest BCUT2D eigenvalue weighted by atomic mass is 9.94. The predicted octanol–water partition coefficient (Wildman–Crippen LogP) is 4.73. The Morgan fingerprint density at radius 2 is 1.66 bits per heavy atom. The molecule has 1 heterocycles. The van der Waals surface area contributed by atoms with Crippen molar-refractivity contribution in [3.63, 3.8) is 0 Å². The van der Waals surface area contributed by atoms with E-state index in [1.165, 1.54) is 31.3 Å². The Bertz CT molecular complexity index is 1280. The van der Waals surface area contributed by atoms with Gasteiger partial charge in [-0.1, -0.05) is 35.9 Å². The number of benzene rings is 3. The van der Waals surface area contributed by atoms with Crippen LogP contribution < -0.4 is 9.47 Å². The Kier molecular flexibility index (Phi) is 6.98. The molecule has 2 N–H and O–H groups in total. The molecule has 1 aliphatic rings. The van der Waals surface area contributed by atoms with Crippen LogP contribution in [0.4, 0.5) is 0 Å². The second kappa shape index (κ2) is 10.1. The summed E-state index contributed by atoms with van der Waals surface area (Å²) < 4.78 is 10.7. The molecule has 0 spiro atoms. The van der Waals surface area contributed by atoms with E-state index in [1.807, 2.05) is 12.1 Å². The van der Waals surface area contributed by atoms with Gasteiger partial charge in [-0.15, -0.1) is 0 Å². The zero-order chi connectivity index (χ0) is 25.1. The van der Waals surface area contributed by atoms with Gasteiger partial charge >= 0.3 is 0 Å². The second-order valence-electron chi connectivity index (χ2n) is 8.03. The number of nitrogens with zero attached hydrogens (tertiary/aromatic N) is 1. The number of ketones is 1. The third-order valence-electron chi connectivity index (χ3n) is 5.97. The van der Waals surface area contributed by atoms with E-state index in [1.54, 1.807) is 42.5 Å². The quantitative estimate of drug-likeness (QED) is 0.281. The standard InChI is InChI=1S/C27H24ClNO6/c1-34-20-11-12-22(35-2)21(15-20)25(31)23-24(17-5-9-19(30)10-6-17)29(27(33)26(23)32)14-13-16-3-7-18(28)8-4-16/h3-12,15,24,30-31H,13-14H2,1-2H3/b25-23+. The SMILES string of the molecule is COc1ccc(OC)c(/C(O)=C2\C(=O)C(=O)N(CCc3ccc(Cl)cc3)C2c2ccc(O)cc2)c1. The lowest BCUT2D eigenvalue weighted by Crippen LogP contribution is -2.31. The summed E-state index contributed by atoms with van der Waals surface area (Å²) in [6.45, 7) is 0.226. The van der Waals surface area contributed by atoms with E-state index in [-0.39, 0.29) is 29.2 Å². The largest absolute Gasteiger partial charge is 0.508 e. The summed E-state index contributed by atoms with van der Waals surface area (Å²) in [5.41, 5.74) is 1.67. The third kappa shape index (κ3) is 4.81. The summed E-state index contributed by atoms with van der Waals surface area (Å²) in [5.74, 6) is -1.08. The van der Waals surface area contributed by atoms with E-state index < -0.39 is 17.7 Å². The van der Waals surface area contributed by atoms with Crippen LogP contribution in [0.3, 0.4) is 0 Å². The first kappa shape index (κ1) is 24.2. The van der Waals surface area contributed by atoms with Crippen molar-refractivity contribution < 1.29 is 29.3 Å². The number of hydrogen-bond acceptors (Lipinski definition) is 6. The van der Waals surface area contributed by atoms with E-state index >= 15 is 0 Å². The number of aliphatic hydroxyl groups excluding tert-OH is 1. The number of methoxy groups -OCH3 is 2. The van der Waals surface area contributed by atoms with Gasteiger partial charge in [0.25, 0.3) is 11.7 Å². The van der Waals surface area contributed by atoms with Crippen molar-refractivity contribution in [2.75, 3.05) is 20.8 Å². The van der Waals surface area contributed by atoms with Gasteiger partial charge in [-0.2, -0.15) is 0 Å². The van der Waals surface area contributed by atoms with Crippen molar-refractivity contribution in [3.8, 4) is 17.2 Å². The number of ether oxygens (including phenoxy) is 2. The average molecular weight is 494 g/mol. The molecule has 3 aromatic rings. The van der Waals surface area contributed by atoms with Gasteiger partial charge in [0.1, 0.15) is 23.0 Å². The minimum atomic E-state index is -0.862. The highest BCUT2D eigenvalue weighted by atomic mass is 35.5. The smallest absolute Gasteiger partial charge is 0.295 e. The number of carbonyl (C=O) groups is 2. The van der Waals surface area contributed by atoms with E-state index in [4.69, 9.17) is 21.1 Å². The Morgan fingerprint density at radius 1 is 0.971 bits per heavy atom. The van der Waals surface area contributed by atoms with E-state index in [9.17, 15) is 19.8 Å². The maximum Gasteiger partial charge on any atom is 0.295 e. The van der Waals surface area contributed by atoms with E-state index in [0.717, 1.165) is 5.56 Å². The van der Waals surface area contributed by atoms with Gasteiger partial charge in [-0.25, -0.2) is 0 Å². The molecule has 0 aliphatic carbocycles. The molecule has 3 aromatic carbocycles.